The van der Waals surface area contributed by atoms with Gasteiger partial charge in [-0.2, -0.15) is 0 Å². The maximum absolute atomic E-state index is 11.7. The van der Waals surface area contributed by atoms with Crippen LogP contribution < -0.4 is 10.6 Å². The summed E-state index contributed by atoms with van der Waals surface area (Å²) in [5.41, 5.74) is 0. The van der Waals surface area contributed by atoms with E-state index < -0.39 is 0 Å². The summed E-state index contributed by atoms with van der Waals surface area (Å²) in [5.74, 6) is 0.130. The number of amides is 1. The number of nitrogens with one attached hydrogen (secondary N) is 2. The molecule has 0 aromatic heterocycles. The van der Waals surface area contributed by atoms with Crippen LogP contribution in [-0.2, 0) is 4.79 Å². The van der Waals surface area contributed by atoms with Crippen molar-refractivity contribution in [1.29, 1.82) is 0 Å². The highest BCUT2D eigenvalue weighted by Gasteiger charge is 2.25. The Morgan fingerprint density at radius 3 is 2.93 bits per heavy atom. The van der Waals surface area contributed by atoms with Crippen molar-refractivity contribution in [2.45, 2.75) is 38.8 Å². The Morgan fingerprint density at radius 1 is 1.67 bits per heavy atom. The SMILES string of the molecule is CCNC(=O)C(C)N(C)C1CCCNC1. The van der Waals surface area contributed by atoms with Crippen LogP contribution in [0.1, 0.15) is 26.7 Å². The quantitative estimate of drug-likeness (QED) is 0.701. The molecule has 1 fully saturated rings. The minimum absolute atomic E-state index is 0.0325. The second-order valence-electron chi connectivity index (χ2n) is 4.24. The maximum Gasteiger partial charge on any atom is 0.237 e. The van der Waals surface area contributed by atoms with Gasteiger partial charge in [-0.15, -0.1) is 0 Å². The van der Waals surface area contributed by atoms with E-state index in [-0.39, 0.29) is 11.9 Å². The van der Waals surface area contributed by atoms with E-state index in [1.807, 2.05) is 20.9 Å². The van der Waals surface area contributed by atoms with Crippen molar-refractivity contribution in [2.24, 2.45) is 0 Å². The number of carbonyl (C=O) groups is 1. The maximum atomic E-state index is 11.7. The third kappa shape index (κ3) is 3.47. The van der Waals surface area contributed by atoms with Gasteiger partial charge in [0.05, 0.1) is 6.04 Å². The fourth-order valence-electron chi connectivity index (χ4n) is 2.00. The summed E-state index contributed by atoms with van der Waals surface area (Å²) in [6, 6.07) is 0.464. The average molecular weight is 213 g/mol. The molecule has 0 aromatic rings. The van der Waals surface area contributed by atoms with Gasteiger partial charge in [-0.25, -0.2) is 0 Å². The van der Waals surface area contributed by atoms with Crippen molar-refractivity contribution in [2.75, 3.05) is 26.7 Å². The van der Waals surface area contributed by atoms with Crippen LogP contribution in [0.5, 0.6) is 0 Å². The number of carbonyl (C=O) groups excluding carboxylic acids is 1. The van der Waals surface area contributed by atoms with Gasteiger partial charge < -0.3 is 10.6 Å². The van der Waals surface area contributed by atoms with Crippen molar-refractivity contribution < 1.29 is 4.79 Å². The van der Waals surface area contributed by atoms with Gasteiger partial charge in [0.2, 0.25) is 5.91 Å². The molecule has 0 radical (unpaired) electrons. The Morgan fingerprint density at radius 2 is 2.40 bits per heavy atom. The summed E-state index contributed by atoms with van der Waals surface area (Å²) in [6.07, 6.45) is 2.39. The van der Waals surface area contributed by atoms with Crippen LogP contribution in [0.3, 0.4) is 0 Å². The zero-order chi connectivity index (χ0) is 11.3. The van der Waals surface area contributed by atoms with Gasteiger partial charge in [0, 0.05) is 19.1 Å². The molecule has 4 nitrogen and oxygen atoms in total. The van der Waals surface area contributed by atoms with Gasteiger partial charge in [-0.05, 0) is 40.3 Å². The first kappa shape index (κ1) is 12.5. The molecule has 0 aliphatic carbocycles. The van der Waals surface area contributed by atoms with Crippen LogP contribution in [-0.4, -0.2) is 49.6 Å². The van der Waals surface area contributed by atoms with Crippen LogP contribution in [0.4, 0.5) is 0 Å². The smallest absolute Gasteiger partial charge is 0.237 e. The fraction of sp³-hybridized carbons (Fsp3) is 0.909. The number of rotatable bonds is 4. The minimum Gasteiger partial charge on any atom is -0.355 e. The summed E-state index contributed by atoms with van der Waals surface area (Å²) in [6.45, 7) is 6.74. The van der Waals surface area contributed by atoms with Crippen molar-refractivity contribution in [3.63, 3.8) is 0 Å². The summed E-state index contributed by atoms with van der Waals surface area (Å²) >= 11 is 0. The van der Waals surface area contributed by atoms with Crippen molar-refractivity contribution >= 4 is 5.91 Å². The van der Waals surface area contributed by atoms with Gasteiger partial charge in [-0.3, -0.25) is 9.69 Å². The molecule has 2 N–H and O–H groups in total. The zero-order valence-corrected chi connectivity index (χ0v) is 10.0. The highest BCUT2D eigenvalue weighted by molar-refractivity contribution is 5.81. The number of likely N-dealkylation sites (N-methyl/N-ethyl adjacent to an activating group) is 2. The molecule has 0 bridgehead atoms. The van der Waals surface area contributed by atoms with E-state index in [4.69, 9.17) is 0 Å². The molecular weight excluding hydrogens is 190 g/mol. The Balaban J connectivity index is 2.43. The second kappa shape index (κ2) is 6.08. The van der Waals surface area contributed by atoms with Crippen molar-refractivity contribution in [3.05, 3.63) is 0 Å². The lowest BCUT2D eigenvalue weighted by Gasteiger charge is -2.35. The topological polar surface area (TPSA) is 44.4 Å². The molecule has 2 atom stereocenters. The van der Waals surface area contributed by atoms with E-state index in [0.717, 1.165) is 13.1 Å². The average Bonchev–Trinajstić information content (AvgIpc) is 2.28. The Labute approximate surface area is 92.4 Å². The second-order valence-corrected chi connectivity index (χ2v) is 4.24. The Bertz CT molecular complexity index is 202. The number of nitrogens with zero attached hydrogens (tertiary/aromatic N) is 1. The molecule has 0 spiro atoms. The number of hydrogen-bond acceptors (Lipinski definition) is 3. The molecule has 1 rings (SSSR count). The molecule has 4 heteroatoms. The van der Waals surface area contributed by atoms with Crippen molar-refractivity contribution in [3.8, 4) is 0 Å². The molecule has 1 saturated heterocycles. The minimum atomic E-state index is -0.0325. The summed E-state index contributed by atoms with van der Waals surface area (Å²) in [4.78, 5) is 13.8. The predicted molar refractivity (Wildman–Crippen MR) is 61.8 cm³/mol. The molecule has 1 aliphatic rings. The normalized spacial score (nSPS) is 23.9. The van der Waals surface area contributed by atoms with E-state index in [0.29, 0.717) is 12.6 Å². The first-order valence-electron chi connectivity index (χ1n) is 5.87. The monoisotopic (exact) mass is 213 g/mol. The molecule has 0 saturated carbocycles. The van der Waals surface area contributed by atoms with E-state index >= 15 is 0 Å². The molecule has 1 amide bonds. The lowest BCUT2D eigenvalue weighted by molar-refractivity contribution is -0.126. The molecule has 2 unspecified atom stereocenters. The summed E-state index contributed by atoms with van der Waals surface area (Å²) < 4.78 is 0. The molecule has 1 heterocycles. The fourth-order valence-corrected chi connectivity index (χ4v) is 2.00. The molecular formula is C11H23N3O. The number of hydrogen-bond donors (Lipinski definition) is 2. The zero-order valence-electron chi connectivity index (χ0n) is 10.0. The Kier molecular flexibility index (Phi) is 5.05. The standard InChI is InChI=1S/C11H23N3O/c1-4-13-11(15)9(2)14(3)10-6-5-7-12-8-10/h9-10,12H,4-8H2,1-3H3,(H,13,15). The van der Waals surface area contributed by atoms with Crippen LogP contribution in [0.25, 0.3) is 0 Å². The van der Waals surface area contributed by atoms with Gasteiger partial charge in [0.25, 0.3) is 0 Å². The Hall–Kier alpha value is -0.610. The molecule has 88 valence electrons. The third-order valence-electron chi connectivity index (χ3n) is 3.19. The number of piperidine rings is 1. The van der Waals surface area contributed by atoms with Gasteiger partial charge in [-0.1, -0.05) is 0 Å². The van der Waals surface area contributed by atoms with Gasteiger partial charge in [0.15, 0.2) is 0 Å². The van der Waals surface area contributed by atoms with Crippen LogP contribution >= 0.6 is 0 Å². The lowest BCUT2D eigenvalue weighted by atomic mass is 10.0. The largest absolute Gasteiger partial charge is 0.355 e. The predicted octanol–water partition coefficient (Wildman–Crippen LogP) is 0.195. The van der Waals surface area contributed by atoms with Crippen LogP contribution in [0.15, 0.2) is 0 Å². The van der Waals surface area contributed by atoms with Crippen molar-refractivity contribution in [1.82, 2.24) is 15.5 Å². The van der Waals surface area contributed by atoms with Gasteiger partial charge >= 0.3 is 0 Å². The molecule has 15 heavy (non-hydrogen) atoms. The highest BCUT2D eigenvalue weighted by atomic mass is 16.2. The third-order valence-corrected chi connectivity index (χ3v) is 3.19. The van der Waals surface area contributed by atoms with Gasteiger partial charge in [0.1, 0.15) is 0 Å². The first-order chi connectivity index (χ1) is 7.16. The van der Waals surface area contributed by atoms with E-state index in [1.165, 1.54) is 12.8 Å². The van der Waals surface area contributed by atoms with Crippen LogP contribution in [0.2, 0.25) is 0 Å². The molecule has 1 aliphatic heterocycles. The summed E-state index contributed by atoms with van der Waals surface area (Å²) in [7, 11) is 2.04. The highest BCUT2D eigenvalue weighted by Crippen LogP contribution is 2.11. The van der Waals surface area contributed by atoms with E-state index in [1.54, 1.807) is 0 Å². The lowest BCUT2D eigenvalue weighted by Crippen LogP contribution is -2.52. The molecule has 0 aromatic carbocycles. The summed E-state index contributed by atoms with van der Waals surface area (Å²) in [5, 5.41) is 6.23. The van der Waals surface area contributed by atoms with E-state index in [9.17, 15) is 4.79 Å². The van der Waals surface area contributed by atoms with E-state index in [2.05, 4.69) is 15.5 Å². The first-order valence-corrected chi connectivity index (χ1v) is 5.87. The van der Waals surface area contributed by atoms with Crippen LogP contribution in [0, 0.1) is 0 Å².